The van der Waals surface area contributed by atoms with Gasteiger partial charge in [0.05, 0.1) is 13.2 Å². The first kappa shape index (κ1) is 14.6. The molecule has 1 aliphatic rings. The molecule has 0 radical (unpaired) electrons. The second-order valence-corrected chi connectivity index (χ2v) is 5.10. The van der Waals surface area contributed by atoms with Crippen LogP contribution < -0.4 is 4.74 Å². The van der Waals surface area contributed by atoms with Crippen LogP contribution in [-0.4, -0.2) is 37.6 Å². The van der Waals surface area contributed by atoms with E-state index in [0.717, 1.165) is 0 Å². The van der Waals surface area contributed by atoms with Gasteiger partial charge in [0.25, 0.3) is 0 Å². The highest BCUT2D eigenvalue weighted by molar-refractivity contribution is 9.10. The minimum Gasteiger partial charge on any atom is -0.405 e. The topological polar surface area (TPSA) is 21.7 Å². The highest BCUT2D eigenvalue weighted by atomic mass is 79.9. The van der Waals surface area contributed by atoms with E-state index in [4.69, 9.17) is 4.74 Å². The van der Waals surface area contributed by atoms with Crippen LogP contribution in [0.25, 0.3) is 0 Å². The summed E-state index contributed by atoms with van der Waals surface area (Å²) in [6, 6.07) is 4.68. The van der Waals surface area contributed by atoms with Crippen molar-refractivity contribution in [2.45, 2.75) is 12.9 Å². The number of nitrogens with zero attached hydrogens (tertiary/aromatic N) is 1. The van der Waals surface area contributed by atoms with E-state index in [1.54, 1.807) is 12.1 Å². The van der Waals surface area contributed by atoms with Gasteiger partial charge in [-0.2, -0.15) is 0 Å². The van der Waals surface area contributed by atoms with E-state index in [0.29, 0.717) is 42.9 Å². The van der Waals surface area contributed by atoms with Gasteiger partial charge in [-0.25, -0.2) is 0 Å². The van der Waals surface area contributed by atoms with Gasteiger partial charge in [-0.3, -0.25) is 4.90 Å². The number of ether oxygens (including phenoxy) is 2. The van der Waals surface area contributed by atoms with Crippen LogP contribution in [0.15, 0.2) is 22.7 Å². The maximum absolute atomic E-state index is 12.4. The summed E-state index contributed by atoms with van der Waals surface area (Å²) in [5, 5.41) is 0. The third-order valence-corrected chi connectivity index (χ3v) is 3.25. The molecule has 0 N–H and O–H groups in total. The summed E-state index contributed by atoms with van der Waals surface area (Å²) in [5.41, 5.74) is 0.516. The summed E-state index contributed by atoms with van der Waals surface area (Å²) in [5.74, 6) is -0.159. The quantitative estimate of drug-likeness (QED) is 0.844. The maximum atomic E-state index is 12.4. The molecule has 1 aromatic carbocycles. The van der Waals surface area contributed by atoms with Crippen molar-refractivity contribution in [3.63, 3.8) is 0 Å². The molecule has 0 unspecified atom stereocenters. The lowest BCUT2D eigenvalue weighted by Gasteiger charge is -2.27. The largest absolute Gasteiger partial charge is 0.573 e. The van der Waals surface area contributed by atoms with Crippen LogP contribution in [0.2, 0.25) is 0 Å². The summed E-state index contributed by atoms with van der Waals surface area (Å²) < 4.78 is 46.9. The van der Waals surface area contributed by atoms with Crippen LogP contribution in [0.4, 0.5) is 13.2 Å². The van der Waals surface area contributed by atoms with Gasteiger partial charge < -0.3 is 9.47 Å². The molecule has 0 atom stereocenters. The van der Waals surface area contributed by atoms with Crippen molar-refractivity contribution in [2.24, 2.45) is 0 Å². The number of halogens is 4. The number of hydrogen-bond donors (Lipinski definition) is 0. The van der Waals surface area contributed by atoms with Gasteiger partial charge in [-0.05, 0) is 12.1 Å². The molecule has 1 aliphatic heterocycles. The van der Waals surface area contributed by atoms with Gasteiger partial charge in [0.2, 0.25) is 0 Å². The van der Waals surface area contributed by atoms with Crippen molar-refractivity contribution in [1.82, 2.24) is 4.90 Å². The Hall–Kier alpha value is -0.790. The van der Waals surface area contributed by atoms with E-state index >= 15 is 0 Å². The van der Waals surface area contributed by atoms with Crippen LogP contribution in [0.5, 0.6) is 5.75 Å². The molecule has 3 nitrogen and oxygen atoms in total. The van der Waals surface area contributed by atoms with Gasteiger partial charge >= 0.3 is 6.36 Å². The number of rotatable bonds is 3. The Kier molecular flexibility index (Phi) is 4.70. The molecule has 0 aliphatic carbocycles. The van der Waals surface area contributed by atoms with Crippen LogP contribution in [0, 0.1) is 0 Å². The fourth-order valence-corrected chi connectivity index (χ4v) is 2.22. The van der Waals surface area contributed by atoms with E-state index in [9.17, 15) is 13.2 Å². The fourth-order valence-electron chi connectivity index (χ4n) is 1.88. The summed E-state index contributed by atoms with van der Waals surface area (Å²) in [6.45, 7) is 3.04. The third kappa shape index (κ3) is 4.67. The van der Waals surface area contributed by atoms with E-state index in [1.165, 1.54) is 6.07 Å². The molecule has 1 saturated heterocycles. The number of alkyl halides is 3. The normalized spacial score (nSPS) is 17.5. The highest BCUT2D eigenvalue weighted by Gasteiger charge is 2.32. The van der Waals surface area contributed by atoms with Gasteiger partial charge in [0.15, 0.2) is 0 Å². The van der Waals surface area contributed by atoms with E-state index in [-0.39, 0.29) is 5.75 Å². The Morgan fingerprint density at radius 2 is 1.95 bits per heavy atom. The Balaban J connectivity index is 2.13. The van der Waals surface area contributed by atoms with Gasteiger partial charge in [0, 0.05) is 29.7 Å². The lowest BCUT2D eigenvalue weighted by atomic mass is 10.2. The van der Waals surface area contributed by atoms with Gasteiger partial charge in [0.1, 0.15) is 5.75 Å². The molecule has 0 aromatic heterocycles. The zero-order chi connectivity index (χ0) is 13.9. The average Bonchev–Trinajstić information content (AvgIpc) is 2.32. The molecular weight excluding hydrogens is 327 g/mol. The number of benzene rings is 1. The molecule has 106 valence electrons. The second-order valence-electron chi connectivity index (χ2n) is 4.19. The molecule has 1 heterocycles. The van der Waals surface area contributed by atoms with Crippen molar-refractivity contribution in [3.05, 3.63) is 28.2 Å². The second kappa shape index (κ2) is 6.11. The molecule has 2 rings (SSSR count). The van der Waals surface area contributed by atoms with Gasteiger partial charge in [-0.15, -0.1) is 13.2 Å². The predicted molar refractivity (Wildman–Crippen MR) is 66.9 cm³/mol. The first-order valence-electron chi connectivity index (χ1n) is 5.78. The van der Waals surface area contributed by atoms with Crippen LogP contribution in [-0.2, 0) is 11.3 Å². The summed E-state index contributed by atoms with van der Waals surface area (Å²) in [6.07, 6.45) is -4.68. The highest BCUT2D eigenvalue weighted by Crippen LogP contribution is 2.30. The summed E-state index contributed by atoms with van der Waals surface area (Å²) >= 11 is 3.15. The first-order valence-corrected chi connectivity index (χ1v) is 6.57. The SMILES string of the molecule is FC(F)(F)Oc1cc(Br)ccc1CN1CCOCC1. The molecule has 7 heteroatoms. The Morgan fingerprint density at radius 3 is 2.58 bits per heavy atom. The van der Waals surface area contributed by atoms with Crippen LogP contribution in [0.1, 0.15) is 5.56 Å². The fraction of sp³-hybridized carbons (Fsp3) is 0.500. The molecule has 0 amide bonds. The molecule has 0 saturated carbocycles. The molecular formula is C12H13BrF3NO2. The number of hydrogen-bond acceptors (Lipinski definition) is 3. The molecule has 1 aromatic rings. The van der Waals surface area contributed by atoms with Crippen molar-refractivity contribution in [3.8, 4) is 5.75 Å². The summed E-state index contributed by atoms with van der Waals surface area (Å²) in [7, 11) is 0. The summed E-state index contributed by atoms with van der Waals surface area (Å²) in [4.78, 5) is 2.04. The van der Waals surface area contributed by atoms with Crippen LogP contribution >= 0.6 is 15.9 Å². The smallest absolute Gasteiger partial charge is 0.405 e. The first-order chi connectivity index (χ1) is 8.94. The zero-order valence-corrected chi connectivity index (χ0v) is 11.6. The van der Waals surface area contributed by atoms with E-state index in [2.05, 4.69) is 20.7 Å². The third-order valence-electron chi connectivity index (χ3n) is 2.75. The van der Waals surface area contributed by atoms with E-state index in [1.807, 2.05) is 4.90 Å². The molecule has 0 spiro atoms. The maximum Gasteiger partial charge on any atom is 0.573 e. The minimum atomic E-state index is -4.68. The molecule has 19 heavy (non-hydrogen) atoms. The van der Waals surface area contributed by atoms with E-state index < -0.39 is 6.36 Å². The Labute approximate surface area is 117 Å². The Morgan fingerprint density at radius 1 is 1.26 bits per heavy atom. The predicted octanol–water partition coefficient (Wildman–Crippen LogP) is 3.18. The lowest BCUT2D eigenvalue weighted by molar-refractivity contribution is -0.275. The van der Waals surface area contributed by atoms with Gasteiger partial charge in [-0.1, -0.05) is 22.0 Å². The lowest BCUT2D eigenvalue weighted by Crippen LogP contribution is -2.35. The standard InChI is InChI=1S/C12H13BrF3NO2/c13-10-2-1-9(8-17-3-5-18-6-4-17)11(7-10)19-12(14,15)16/h1-2,7H,3-6,8H2. The monoisotopic (exact) mass is 339 g/mol. The molecule has 1 fully saturated rings. The minimum absolute atomic E-state index is 0.159. The average molecular weight is 340 g/mol. The van der Waals surface area contributed by atoms with Crippen molar-refractivity contribution in [1.29, 1.82) is 0 Å². The van der Waals surface area contributed by atoms with Crippen molar-refractivity contribution >= 4 is 15.9 Å². The molecule has 0 bridgehead atoms. The van der Waals surface area contributed by atoms with Crippen molar-refractivity contribution in [2.75, 3.05) is 26.3 Å². The van der Waals surface area contributed by atoms with Crippen molar-refractivity contribution < 1.29 is 22.6 Å². The Bertz CT molecular complexity index is 433. The zero-order valence-electron chi connectivity index (χ0n) is 10.0. The number of morpholine rings is 1. The van der Waals surface area contributed by atoms with Crippen LogP contribution in [0.3, 0.4) is 0 Å².